The minimum Gasteiger partial charge on any atom is -0.368 e. The maximum Gasteiger partial charge on any atom is 0.433 e. The number of rotatable bonds is 3. The normalized spacial score (nSPS) is 21.5. The summed E-state index contributed by atoms with van der Waals surface area (Å²) in [6, 6.07) is 1.08. The maximum absolute atomic E-state index is 12.7. The topological polar surface area (TPSA) is 70.3 Å². The van der Waals surface area contributed by atoms with Crippen LogP contribution >= 0.6 is 0 Å². The van der Waals surface area contributed by atoms with E-state index in [1.807, 2.05) is 14.1 Å². The fraction of sp³-hybridized carbons (Fsp3) is 0.667. The number of aromatic nitrogens is 2. The van der Waals surface area contributed by atoms with Gasteiger partial charge in [0.05, 0.1) is 0 Å². The fourth-order valence-electron chi connectivity index (χ4n) is 2.25. The highest BCUT2D eigenvalue weighted by atomic mass is 19.4. The summed E-state index contributed by atoms with van der Waals surface area (Å²) in [6.45, 7) is 3.24. The van der Waals surface area contributed by atoms with Crippen LogP contribution in [0.4, 0.5) is 24.9 Å². The number of hydrogen-bond acceptors (Lipinski definition) is 6. The maximum atomic E-state index is 12.7. The van der Waals surface area contributed by atoms with E-state index in [1.54, 1.807) is 0 Å². The molecule has 6 nitrogen and oxygen atoms in total. The lowest BCUT2D eigenvalue weighted by Gasteiger charge is -2.37. The molecule has 0 aliphatic carbocycles. The predicted octanol–water partition coefficient (Wildman–Crippen LogP) is 0.735. The first-order chi connectivity index (χ1) is 9.75. The van der Waals surface area contributed by atoms with Gasteiger partial charge in [0, 0.05) is 38.3 Å². The summed E-state index contributed by atoms with van der Waals surface area (Å²) < 4.78 is 38.0. The second kappa shape index (κ2) is 6.02. The lowest BCUT2D eigenvalue weighted by atomic mass is 10.2. The van der Waals surface area contributed by atoms with Gasteiger partial charge in [0.15, 0.2) is 5.69 Å². The van der Waals surface area contributed by atoms with E-state index in [0.717, 1.165) is 25.7 Å². The van der Waals surface area contributed by atoms with Crippen LogP contribution in [0.15, 0.2) is 6.07 Å². The van der Waals surface area contributed by atoms with E-state index >= 15 is 0 Å². The molecule has 0 amide bonds. The van der Waals surface area contributed by atoms with Crippen LogP contribution < -0.4 is 11.1 Å². The van der Waals surface area contributed by atoms with Crippen LogP contribution in [-0.4, -0.2) is 66.1 Å². The van der Waals surface area contributed by atoms with E-state index in [0.29, 0.717) is 6.54 Å². The van der Waals surface area contributed by atoms with Gasteiger partial charge in [-0.25, -0.2) is 4.98 Å². The molecule has 1 atom stereocenters. The first-order valence-corrected chi connectivity index (χ1v) is 6.60. The largest absolute Gasteiger partial charge is 0.433 e. The van der Waals surface area contributed by atoms with E-state index in [2.05, 4.69) is 25.1 Å². The van der Waals surface area contributed by atoms with Gasteiger partial charge >= 0.3 is 6.18 Å². The summed E-state index contributed by atoms with van der Waals surface area (Å²) in [7, 11) is 4.01. The predicted molar refractivity (Wildman–Crippen MR) is 73.9 cm³/mol. The molecule has 0 aromatic carbocycles. The van der Waals surface area contributed by atoms with Crippen molar-refractivity contribution in [2.45, 2.75) is 12.2 Å². The Hall–Kier alpha value is -1.61. The average Bonchev–Trinajstić information content (AvgIpc) is 2.38. The van der Waals surface area contributed by atoms with Gasteiger partial charge in [-0.05, 0) is 14.1 Å². The number of halogens is 3. The third-order valence-electron chi connectivity index (χ3n) is 3.53. The Bertz CT molecular complexity index is 492. The molecule has 1 unspecified atom stereocenters. The number of nitrogens with one attached hydrogen (secondary N) is 1. The van der Waals surface area contributed by atoms with Crippen molar-refractivity contribution >= 4 is 11.8 Å². The Balaban J connectivity index is 2.04. The Morgan fingerprint density at radius 1 is 1.33 bits per heavy atom. The number of alkyl halides is 3. The first kappa shape index (κ1) is 15.8. The number of nitrogens with two attached hydrogens (primary N) is 1. The molecule has 0 spiro atoms. The van der Waals surface area contributed by atoms with Gasteiger partial charge in [-0.3, -0.25) is 4.90 Å². The lowest BCUT2D eigenvalue weighted by molar-refractivity contribution is -0.141. The van der Waals surface area contributed by atoms with Crippen molar-refractivity contribution in [1.82, 2.24) is 19.8 Å². The summed E-state index contributed by atoms with van der Waals surface area (Å²) >= 11 is 0. The zero-order valence-electron chi connectivity index (χ0n) is 12.0. The second-order valence-electron chi connectivity index (χ2n) is 5.27. The molecule has 3 N–H and O–H groups in total. The molecule has 118 valence electrons. The van der Waals surface area contributed by atoms with Crippen molar-refractivity contribution in [3.8, 4) is 0 Å². The van der Waals surface area contributed by atoms with Gasteiger partial charge in [-0.2, -0.15) is 18.2 Å². The van der Waals surface area contributed by atoms with Crippen molar-refractivity contribution in [1.29, 1.82) is 0 Å². The van der Waals surface area contributed by atoms with E-state index in [1.165, 1.54) is 0 Å². The van der Waals surface area contributed by atoms with E-state index in [-0.39, 0.29) is 17.8 Å². The Morgan fingerprint density at radius 2 is 2.05 bits per heavy atom. The van der Waals surface area contributed by atoms with Crippen LogP contribution in [0.1, 0.15) is 5.69 Å². The molecule has 0 saturated carbocycles. The summed E-state index contributed by atoms with van der Waals surface area (Å²) in [5.74, 6) is -0.294. The van der Waals surface area contributed by atoms with Crippen LogP contribution in [0.5, 0.6) is 0 Å². The Morgan fingerprint density at radius 3 is 2.71 bits per heavy atom. The van der Waals surface area contributed by atoms with Crippen LogP contribution in [-0.2, 0) is 6.18 Å². The molecular weight excluding hydrogens is 285 g/mol. The van der Waals surface area contributed by atoms with Crippen LogP contribution in [0.3, 0.4) is 0 Å². The number of nitrogens with zero attached hydrogens (tertiary/aromatic N) is 4. The zero-order chi connectivity index (χ0) is 15.6. The van der Waals surface area contributed by atoms with Gasteiger partial charge < -0.3 is 16.0 Å². The standard InChI is InChI=1S/C12H19F3N6/c1-20-3-4-21(2)8(7-20)6-17-10-5-9(12(13,14)15)18-11(16)19-10/h5,8H,3-4,6-7H2,1-2H3,(H3,16,17,18,19). The molecule has 2 rings (SSSR count). The van der Waals surface area contributed by atoms with Crippen molar-refractivity contribution in [2.24, 2.45) is 0 Å². The Kier molecular flexibility index (Phi) is 4.52. The summed E-state index contributed by atoms with van der Waals surface area (Å²) in [6.07, 6.45) is -4.53. The van der Waals surface area contributed by atoms with Crippen LogP contribution in [0.25, 0.3) is 0 Å². The quantitative estimate of drug-likeness (QED) is 0.858. The summed E-state index contributed by atoms with van der Waals surface area (Å²) in [5, 5.41) is 2.92. The molecule has 1 saturated heterocycles. The van der Waals surface area contributed by atoms with E-state index in [9.17, 15) is 13.2 Å². The summed E-state index contributed by atoms with van der Waals surface area (Å²) in [4.78, 5) is 11.4. The Labute approximate surface area is 121 Å². The molecule has 9 heteroatoms. The molecule has 1 fully saturated rings. The van der Waals surface area contributed by atoms with Crippen molar-refractivity contribution < 1.29 is 13.2 Å². The van der Waals surface area contributed by atoms with Crippen molar-refractivity contribution in [3.05, 3.63) is 11.8 Å². The smallest absolute Gasteiger partial charge is 0.368 e. The SMILES string of the molecule is CN1CCN(C)C(CNc2cc(C(F)(F)F)nc(N)n2)C1. The molecular formula is C12H19F3N6. The van der Waals surface area contributed by atoms with Crippen LogP contribution in [0, 0.1) is 0 Å². The highest BCUT2D eigenvalue weighted by Gasteiger charge is 2.33. The molecule has 1 aliphatic heterocycles. The molecule has 0 bridgehead atoms. The van der Waals surface area contributed by atoms with Gasteiger partial charge in [-0.15, -0.1) is 0 Å². The van der Waals surface area contributed by atoms with Crippen molar-refractivity contribution in [3.63, 3.8) is 0 Å². The van der Waals surface area contributed by atoms with E-state index < -0.39 is 11.9 Å². The molecule has 2 heterocycles. The number of likely N-dealkylation sites (N-methyl/N-ethyl adjacent to an activating group) is 2. The average molecular weight is 304 g/mol. The fourth-order valence-corrected chi connectivity index (χ4v) is 2.25. The minimum atomic E-state index is -4.53. The van der Waals surface area contributed by atoms with E-state index in [4.69, 9.17) is 5.73 Å². The van der Waals surface area contributed by atoms with Crippen molar-refractivity contribution in [2.75, 3.05) is 51.3 Å². The minimum absolute atomic E-state index is 0.0939. The first-order valence-electron chi connectivity index (χ1n) is 6.60. The third kappa shape index (κ3) is 4.18. The number of anilines is 2. The number of nitrogen functional groups attached to an aromatic ring is 1. The third-order valence-corrected chi connectivity index (χ3v) is 3.53. The number of piperazine rings is 1. The zero-order valence-corrected chi connectivity index (χ0v) is 12.0. The highest BCUT2D eigenvalue weighted by Crippen LogP contribution is 2.29. The molecule has 21 heavy (non-hydrogen) atoms. The number of hydrogen-bond donors (Lipinski definition) is 2. The molecule has 1 aromatic heterocycles. The van der Waals surface area contributed by atoms with Gasteiger partial charge in [0.25, 0.3) is 0 Å². The van der Waals surface area contributed by atoms with Gasteiger partial charge in [0.2, 0.25) is 5.95 Å². The molecule has 1 aliphatic rings. The molecule has 0 radical (unpaired) electrons. The highest BCUT2D eigenvalue weighted by molar-refractivity contribution is 5.41. The van der Waals surface area contributed by atoms with Gasteiger partial charge in [0.1, 0.15) is 5.82 Å². The second-order valence-corrected chi connectivity index (χ2v) is 5.27. The molecule has 1 aromatic rings. The monoisotopic (exact) mass is 304 g/mol. The van der Waals surface area contributed by atoms with Gasteiger partial charge in [-0.1, -0.05) is 0 Å². The van der Waals surface area contributed by atoms with Crippen LogP contribution in [0.2, 0.25) is 0 Å². The lowest BCUT2D eigenvalue weighted by Crippen LogP contribution is -2.52. The summed E-state index contributed by atoms with van der Waals surface area (Å²) in [5.41, 5.74) is 4.30.